The number of hydrogen-bond donors (Lipinski definition) is 0. The molecule has 0 saturated carbocycles. The summed E-state index contributed by atoms with van der Waals surface area (Å²) in [7, 11) is 0. The molecule has 2 heterocycles. The number of fused-ring (bicyclic) bond motifs is 1. The van der Waals surface area contributed by atoms with Crippen LogP contribution in [0, 0.1) is 0 Å². The van der Waals surface area contributed by atoms with Crippen molar-refractivity contribution < 1.29 is 0 Å². The third-order valence-electron chi connectivity index (χ3n) is 4.45. The molecular formula is C21H27N5. The fourth-order valence-electron chi connectivity index (χ4n) is 3.01. The van der Waals surface area contributed by atoms with Crippen molar-refractivity contribution in [3.63, 3.8) is 0 Å². The van der Waals surface area contributed by atoms with Crippen LogP contribution >= 0.6 is 0 Å². The van der Waals surface area contributed by atoms with Gasteiger partial charge in [-0.05, 0) is 50.2 Å². The second kappa shape index (κ2) is 7.28. The number of anilines is 1. The van der Waals surface area contributed by atoms with E-state index in [9.17, 15) is 0 Å². The van der Waals surface area contributed by atoms with E-state index in [4.69, 9.17) is 4.98 Å². The predicted molar refractivity (Wildman–Crippen MR) is 108 cm³/mol. The van der Waals surface area contributed by atoms with Crippen molar-refractivity contribution >= 4 is 22.8 Å². The first-order valence-corrected chi connectivity index (χ1v) is 9.18. The fourth-order valence-corrected chi connectivity index (χ4v) is 3.01. The van der Waals surface area contributed by atoms with Gasteiger partial charge < -0.3 is 4.90 Å². The average Bonchev–Trinajstić information content (AvgIpc) is 3.01. The molecule has 0 aliphatic rings. The lowest BCUT2D eigenvalue weighted by Gasteiger charge is -2.20. The summed E-state index contributed by atoms with van der Waals surface area (Å²) >= 11 is 0. The Labute approximate surface area is 155 Å². The zero-order valence-electron chi connectivity index (χ0n) is 16.3. The van der Waals surface area contributed by atoms with Gasteiger partial charge in [-0.2, -0.15) is 0 Å². The van der Waals surface area contributed by atoms with Gasteiger partial charge in [0.15, 0.2) is 5.82 Å². The third-order valence-corrected chi connectivity index (χ3v) is 4.45. The number of imidazole rings is 1. The number of pyridine rings is 1. The molecule has 0 aliphatic carbocycles. The largest absolute Gasteiger partial charge is 0.372 e. The molecule has 0 fully saturated rings. The predicted octanol–water partition coefficient (Wildman–Crippen LogP) is 5.89. The Morgan fingerprint density at radius 1 is 0.962 bits per heavy atom. The smallest absolute Gasteiger partial charge is 0.183 e. The normalized spacial score (nSPS) is 12.2. The lowest BCUT2D eigenvalue weighted by Crippen LogP contribution is -2.21. The van der Waals surface area contributed by atoms with Gasteiger partial charge in [0.25, 0.3) is 0 Å². The zero-order chi connectivity index (χ0) is 18.7. The van der Waals surface area contributed by atoms with Gasteiger partial charge in [0.05, 0.1) is 11.4 Å². The summed E-state index contributed by atoms with van der Waals surface area (Å²) in [6.07, 6.45) is 1.98. The maximum absolute atomic E-state index is 4.76. The van der Waals surface area contributed by atoms with E-state index in [0.29, 0.717) is 0 Å². The van der Waals surface area contributed by atoms with Crippen molar-refractivity contribution in [2.75, 3.05) is 18.0 Å². The molecule has 0 spiro atoms. The van der Waals surface area contributed by atoms with E-state index in [1.165, 1.54) is 5.69 Å². The number of azo groups is 1. The van der Waals surface area contributed by atoms with Crippen LogP contribution in [0.5, 0.6) is 0 Å². The summed E-state index contributed by atoms with van der Waals surface area (Å²) in [5, 5.41) is 9.03. The highest BCUT2D eigenvalue weighted by molar-refractivity contribution is 5.55. The molecule has 0 aliphatic heterocycles. The van der Waals surface area contributed by atoms with Crippen molar-refractivity contribution in [3.05, 3.63) is 54.4 Å². The summed E-state index contributed by atoms with van der Waals surface area (Å²) in [5.74, 6) is 0.793. The van der Waals surface area contributed by atoms with Crippen LogP contribution in [0.25, 0.3) is 5.65 Å². The fraction of sp³-hybridized carbons (Fsp3) is 0.381. The summed E-state index contributed by atoms with van der Waals surface area (Å²) in [6.45, 7) is 12.8. The van der Waals surface area contributed by atoms with E-state index in [1.54, 1.807) is 0 Å². The topological polar surface area (TPSA) is 45.3 Å². The molecular weight excluding hydrogens is 322 g/mol. The first-order valence-electron chi connectivity index (χ1n) is 9.18. The first-order chi connectivity index (χ1) is 12.4. The Bertz CT molecular complexity index is 896. The maximum atomic E-state index is 4.76. The molecule has 0 radical (unpaired) electrons. The minimum atomic E-state index is -0.104. The van der Waals surface area contributed by atoms with Crippen molar-refractivity contribution in [1.29, 1.82) is 0 Å². The van der Waals surface area contributed by atoms with Crippen LogP contribution in [0.15, 0.2) is 58.9 Å². The van der Waals surface area contributed by atoms with Gasteiger partial charge in [-0.1, -0.05) is 26.8 Å². The highest BCUT2D eigenvalue weighted by atomic mass is 15.2. The maximum Gasteiger partial charge on any atom is 0.183 e. The lowest BCUT2D eigenvalue weighted by molar-refractivity contribution is 0.574. The number of nitrogens with zero attached hydrogens (tertiary/aromatic N) is 5. The lowest BCUT2D eigenvalue weighted by atomic mass is 9.92. The Balaban J connectivity index is 1.96. The molecule has 2 aromatic heterocycles. The van der Waals surface area contributed by atoms with Crippen molar-refractivity contribution in [1.82, 2.24) is 9.38 Å². The van der Waals surface area contributed by atoms with Gasteiger partial charge in [0, 0.05) is 30.4 Å². The van der Waals surface area contributed by atoms with Crippen molar-refractivity contribution in [3.8, 4) is 0 Å². The Hall–Kier alpha value is -2.69. The summed E-state index contributed by atoms with van der Waals surface area (Å²) < 4.78 is 1.99. The molecule has 26 heavy (non-hydrogen) atoms. The highest BCUT2D eigenvalue weighted by Crippen LogP contribution is 2.33. The SMILES string of the molecule is CCN(CC)c1ccc(N=Nc2c(C(C)(C)C)nc3ccccn23)cc1. The van der Waals surface area contributed by atoms with Crippen LogP contribution in [-0.4, -0.2) is 22.5 Å². The summed E-state index contributed by atoms with van der Waals surface area (Å²) in [6, 6.07) is 14.2. The van der Waals surface area contributed by atoms with E-state index in [-0.39, 0.29) is 5.41 Å². The monoisotopic (exact) mass is 349 g/mol. The van der Waals surface area contributed by atoms with Gasteiger partial charge in [0.2, 0.25) is 0 Å². The van der Waals surface area contributed by atoms with Crippen LogP contribution in [0.2, 0.25) is 0 Å². The summed E-state index contributed by atoms with van der Waals surface area (Å²) in [5.41, 5.74) is 3.79. The second-order valence-electron chi connectivity index (χ2n) is 7.35. The Kier molecular flexibility index (Phi) is 5.07. The van der Waals surface area contributed by atoms with E-state index in [0.717, 1.165) is 35.9 Å². The van der Waals surface area contributed by atoms with E-state index < -0.39 is 0 Å². The quantitative estimate of drug-likeness (QED) is 0.539. The van der Waals surface area contributed by atoms with Crippen LogP contribution in [0.4, 0.5) is 17.2 Å². The molecule has 136 valence electrons. The van der Waals surface area contributed by atoms with Crippen LogP contribution < -0.4 is 4.90 Å². The molecule has 0 bridgehead atoms. The molecule has 5 nitrogen and oxygen atoms in total. The Morgan fingerprint density at radius 2 is 1.65 bits per heavy atom. The molecule has 0 saturated heterocycles. The zero-order valence-corrected chi connectivity index (χ0v) is 16.3. The molecule has 3 aromatic rings. The molecule has 3 rings (SSSR count). The molecule has 5 heteroatoms. The van der Waals surface area contributed by atoms with Crippen LogP contribution in [-0.2, 0) is 5.41 Å². The number of aromatic nitrogens is 2. The molecule has 0 amide bonds. The number of rotatable bonds is 5. The minimum Gasteiger partial charge on any atom is -0.372 e. The van der Waals surface area contributed by atoms with Crippen molar-refractivity contribution in [2.24, 2.45) is 10.2 Å². The standard InChI is InChI=1S/C21H27N5/c1-6-25(7-2)17-13-11-16(12-14-17)23-24-20-19(21(3,4)5)22-18-10-8-9-15-26(18)20/h8-15H,6-7H2,1-5H3. The Morgan fingerprint density at radius 3 is 2.27 bits per heavy atom. The summed E-state index contributed by atoms with van der Waals surface area (Å²) in [4.78, 5) is 7.07. The van der Waals surface area contributed by atoms with Gasteiger partial charge in [-0.15, -0.1) is 10.2 Å². The van der Waals surface area contributed by atoms with E-state index in [1.807, 2.05) is 40.9 Å². The van der Waals surface area contributed by atoms with Gasteiger partial charge in [0.1, 0.15) is 5.65 Å². The first kappa shape index (κ1) is 18.1. The van der Waals surface area contributed by atoms with E-state index >= 15 is 0 Å². The van der Waals surface area contributed by atoms with E-state index in [2.05, 4.69) is 61.9 Å². The van der Waals surface area contributed by atoms with Crippen LogP contribution in [0.1, 0.15) is 40.3 Å². The molecule has 1 aromatic carbocycles. The van der Waals surface area contributed by atoms with Gasteiger partial charge in [-0.3, -0.25) is 4.40 Å². The van der Waals surface area contributed by atoms with Crippen LogP contribution in [0.3, 0.4) is 0 Å². The molecule has 0 unspecified atom stereocenters. The second-order valence-corrected chi connectivity index (χ2v) is 7.35. The minimum absolute atomic E-state index is 0.104. The number of hydrogen-bond acceptors (Lipinski definition) is 4. The highest BCUT2D eigenvalue weighted by Gasteiger charge is 2.23. The van der Waals surface area contributed by atoms with Gasteiger partial charge in [-0.25, -0.2) is 4.98 Å². The third kappa shape index (κ3) is 3.62. The number of benzene rings is 1. The van der Waals surface area contributed by atoms with Crippen molar-refractivity contribution in [2.45, 2.75) is 40.0 Å². The molecule has 0 atom stereocenters. The van der Waals surface area contributed by atoms with Gasteiger partial charge >= 0.3 is 0 Å². The molecule has 0 N–H and O–H groups in total. The average molecular weight is 349 g/mol.